The number of pyridine rings is 1. The molecule has 0 atom stereocenters. The van der Waals surface area contributed by atoms with Crippen molar-refractivity contribution in [3.8, 4) is 0 Å². The number of amides is 3. The zero-order chi connectivity index (χ0) is 22.8. The first-order valence-electron chi connectivity index (χ1n) is 9.24. The van der Waals surface area contributed by atoms with Gasteiger partial charge >= 0.3 is 5.69 Å². The van der Waals surface area contributed by atoms with E-state index in [9.17, 15) is 28.4 Å². The first-order chi connectivity index (χ1) is 15.3. The molecule has 0 bridgehead atoms. The molecule has 0 spiro atoms. The topological polar surface area (TPSA) is 145 Å². The van der Waals surface area contributed by atoms with E-state index in [-0.39, 0.29) is 40.2 Å². The molecule has 3 amide bonds. The van der Waals surface area contributed by atoms with Crippen LogP contribution in [-0.4, -0.2) is 50.0 Å². The summed E-state index contributed by atoms with van der Waals surface area (Å²) in [4.78, 5) is 69.5. The highest BCUT2D eigenvalue weighted by molar-refractivity contribution is 8.18. The van der Waals surface area contributed by atoms with Gasteiger partial charge in [-0.1, -0.05) is 18.2 Å². The standard InChI is InChI=1S/C20H14FN5O5S/c21-13-4-2-1-3-10(13)8-14-18(29)26(20(31)32-14)6-5-22-16(27)11-7-12-15(23-9-11)24-19(30)25-17(12)28/h1-4,7-9H,5-6H2,(H,22,27)(H2,23,24,25,28,30)/b14-8-. The van der Waals surface area contributed by atoms with Crippen molar-refractivity contribution >= 4 is 45.9 Å². The number of imide groups is 1. The van der Waals surface area contributed by atoms with Crippen LogP contribution in [0.25, 0.3) is 17.1 Å². The number of rotatable bonds is 5. The number of H-pyrrole nitrogens is 2. The van der Waals surface area contributed by atoms with Gasteiger partial charge in [0.2, 0.25) is 0 Å². The second-order valence-corrected chi connectivity index (χ2v) is 7.63. The van der Waals surface area contributed by atoms with Crippen LogP contribution >= 0.6 is 11.8 Å². The number of hydrogen-bond donors (Lipinski definition) is 3. The molecule has 12 heteroatoms. The van der Waals surface area contributed by atoms with Gasteiger partial charge in [0.05, 0.1) is 15.9 Å². The quantitative estimate of drug-likeness (QED) is 0.491. The number of aromatic nitrogens is 3. The van der Waals surface area contributed by atoms with Gasteiger partial charge in [0, 0.05) is 24.8 Å². The van der Waals surface area contributed by atoms with Crippen molar-refractivity contribution in [2.45, 2.75) is 0 Å². The molecule has 32 heavy (non-hydrogen) atoms. The molecule has 0 saturated carbocycles. The molecule has 1 aliphatic heterocycles. The van der Waals surface area contributed by atoms with E-state index >= 15 is 0 Å². The first-order valence-corrected chi connectivity index (χ1v) is 10.1. The Hall–Kier alpha value is -4.06. The van der Waals surface area contributed by atoms with Gasteiger partial charge in [-0.3, -0.25) is 34.0 Å². The summed E-state index contributed by atoms with van der Waals surface area (Å²) in [5, 5.41) is 2.03. The maximum Gasteiger partial charge on any atom is 0.327 e. The molecule has 3 N–H and O–H groups in total. The smallest absolute Gasteiger partial charge is 0.327 e. The third-order valence-electron chi connectivity index (χ3n) is 4.54. The second kappa shape index (κ2) is 8.59. The number of thioether (sulfide) groups is 1. The summed E-state index contributed by atoms with van der Waals surface area (Å²) in [6.45, 7) is -0.149. The van der Waals surface area contributed by atoms with Gasteiger partial charge < -0.3 is 5.32 Å². The van der Waals surface area contributed by atoms with E-state index in [0.29, 0.717) is 11.8 Å². The average molecular weight is 455 g/mol. The SMILES string of the molecule is O=C(NCCN1C(=O)S/C(=C\c2ccccc2F)C1=O)c1cnc2[nH]c(=O)[nH]c(=O)c2c1. The Labute approximate surface area is 182 Å². The Balaban J connectivity index is 1.41. The number of benzene rings is 1. The lowest BCUT2D eigenvalue weighted by atomic mass is 10.2. The molecule has 0 unspecified atom stereocenters. The Morgan fingerprint density at radius 2 is 1.97 bits per heavy atom. The number of aromatic amines is 2. The van der Waals surface area contributed by atoms with Crippen LogP contribution in [0.3, 0.4) is 0 Å². The largest absolute Gasteiger partial charge is 0.350 e. The lowest BCUT2D eigenvalue weighted by molar-refractivity contribution is -0.122. The normalized spacial score (nSPS) is 15.0. The van der Waals surface area contributed by atoms with Crippen LogP contribution in [0.1, 0.15) is 15.9 Å². The van der Waals surface area contributed by atoms with Gasteiger partial charge in [0.15, 0.2) is 0 Å². The maximum atomic E-state index is 13.8. The highest BCUT2D eigenvalue weighted by Gasteiger charge is 2.34. The fourth-order valence-electron chi connectivity index (χ4n) is 2.98. The summed E-state index contributed by atoms with van der Waals surface area (Å²) >= 11 is 0.687. The van der Waals surface area contributed by atoms with E-state index in [4.69, 9.17) is 0 Å². The molecular weight excluding hydrogens is 441 g/mol. The molecule has 1 aromatic carbocycles. The summed E-state index contributed by atoms with van der Waals surface area (Å²) in [6.07, 6.45) is 2.49. The zero-order valence-corrected chi connectivity index (χ0v) is 17.0. The van der Waals surface area contributed by atoms with E-state index in [2.05, 4.69) is 15.3 Å². The summed E-state index contributed by atoms with van der Waals surface area (Å²) in [7, 11) is 0. The predicted octanol–water partition coefficient (Wildman–Crippen LogP) is 1.22. The fraction of sp³-hybridized carbons (Fsp3) is 0.100. The number of nitrogens with zero attached hydrogens (tertiary/aromatic N) is 2. The Bertz CT molecular complexity index is 1410. The van der Waals surface area contributed by atoms with E-state index in [0.717, 1.165) is 4.90 Å². The van der Waals surface area contributed by atoms with Gasteiger partial charge in [-0.25, -0.2) is 14.2 Å². The highest BCUT2D eigenvalue weighted by atomic mass is 32.2. The van der Waals surface area contributed by atoms with E-state index in [1.807, 2.05) is 4.98 Å². The van der Waals surface area contributed by atoms with E-state index in [1.165, 1.54) is 36.5 Å². The minimum absolute atomic E-state index is 0.0291. The molecule has 0 aliphatic carbocycles. The monoisotopic (exact) mass is 455 g/mol. The molecule has 4 rings (SSSR count). The summed E-state index contributed by atoms with van der Waals surface area (Å²) in [6, 6.07) is 7.13. The minimum Gasteiger partial charge on any atom is -0.350 e. The van der Waals surface area contributed by atoms with Gasteiger partial charge in [0.1, 0.15) is 11.5 Å². The fourth-order valence-corrected chi connectivity index (χ4v) is 3.84. The molecule has 1 saturated heterocycles. The summed E-state index contributed by atoms with van der Waals surface area (Å²) in [5.41, 5.74) is -1.12. The van der Waals surface area contributed by atoms with Crippen molar-refractivity contribution in [3.05, 3.63) is 79.2 Å². The van der Waals surface area contributed by atoms with Gasteiger partial charge in [-0.05, 0) is 30.0 Å². The number of carbonyl (C=O) groups excluding carboxylic acids is 3. The third kappa shape index (κ3) is 4.21. The average Bonchev–Trinajstić information content (AvgIpc) is 3.02. The molecule has 3 aromatic rings. The molecule has 3 heterocycles. The van der Waals surface area contributed by atoms with Gasteiger partial charge in [-0.2, -0.15) is 0 Å². The second-order valence-electron chi connectivity index (χ2n) is 6.64. The third-order valence-corrected chi connectivity index (χ3v) is 5.45. The number of nitrogens with one attached hydrogen (secondary N) is 3. The van der Waals surface area contributed by atoms with E-state index < -0.39 is 34.1 Å². The van der Waals surface area contributed by atoms with Gasteiger partial charge in [0.25, 0.3) is 22.6 Å². The van der Waals surface area contributed by atoms with Crippen molar-refractivity contribution in [3.63, 3.8) is 0 Å². The van der Waals surface area contributed by atoms with Crippen LogP contribution in [0.2, 0.25) is 0 Å². The molecule has 10 nitrogen and oxygen atoms in total. The predicted molar refractivity (Wildman–Crippen MR) is 114 cm³/mol. The molecular formula is C20H14FN5O5S. The van der Waals surface area contributed by atoms with E-state index in [1.54, 1.807) is 6.07 Å². The van der Waals surface area contributed by atoms with Crippen LogP contribution in [0, 0.1) is 5.82 Å². The van der Waals surface area contributed by atoms with Crippen LogP contribution in [0.15, 0.2) is 51.0 Å². The van der Waals surface area contributed by atoms with Crippen LogP contribution in [0.5, 0.6) is 0 Å². The highest BCUT2D eigenvalue weighted by Crippen LogP contribution is 2.32. The first kappa shape index (κ1) is 21.2. The Morgan fingerprint density at radius 1 is 1.19 bits per heavy atom. The Morgan fingerprint density at radius 3 is 2.75 bits per heavy atom. The summed E-state index contributed by atoms with van der Waals surface area (Å²) < 4.78 is 13.8. The maximum absolute atomic E-state index is 13.8. The van der Waals surface area contributed by atoms with Crippen molar-refractivity contribution in [2.75, 3.05) is 13.1 Å². The van der Waals surface area contributed by atoms with Crippen LogP contribution < -0.4 is 16.6 Å². The summed E-state index contributed by atoms with van der Waals surface area (Å²) in [5.74, 6) is -1.68. The molecule has 0 radical (unpaired) electrons. The van der Waals surface area contributed by atoms with Crippen LogP contribution in [-0.2, 0) is 4.79 Å². The number of hydrogen-bond acceptors (Lipinski definition) is 7. The minimum atomic E-state index is -0.714. The van der Waals surface area contributed by atoms with Gasteiger partial charge in [-0.15, -0.1) is 0 Å². The number of carbonyl (C=O) groups is 3. The van der Waals surface area contributed by atoms with Crippen molar-refractivity contribution in [1.82, 2.24) is 25.2 Å². The molecule has 2 aromatic heterocycles. The Kier molecular flexibility index (Phi) is 5.69. The number of fused-ring (bicyclic) bond motifs is 1. The van der Waals surface area contributed by atoms with Crippen LogP contribution in [0.4, 0.5) is 9.18 Å². The number of halogens is 1. The molecule has 1 aliphatic rings. The van der Waals surface area contributed by atoms with Crippen molar-refractivity contribution < 1.29 is 18.8 Å². The van der Waals surface area contributed by atoms with Crippen molar-refractivity contribution in [2.24, 2.45) is 0 Å². The zero-order valence-electron chi connectivity index (χ0n) is 16.2. The lowest BCUT2D eigenvalue weighted by Gasteiger charge is -2.13. The lowest BCUT2D eigenvalue weighted by Crippen LogP contribution is -2.37. The molecule has 1 fully saturated rings. The molecule has 162 valence electrons. The van der Waals surface area contributed by atoms with Crippen molar-refractivity contribution in [1.29, 1.82) is 0 Å².